The molecule has 4 nitrogen and oxygen atoms in total. The summed E-state index contributed by atoms with van der Waals surface area (Å²) in [6.07, 6.45) is 0.492. The van der Waals surface area contributed by atoms with Gasteiger partial charge in [-0.3, -0.25) is 4.79 Å². The Morgan fingerprint density at radius 3 is 2.94 bits per heavy atom. The molecule has 0 saturated carbocycles. The molecular weight excluding hydrogens is 228 g/mol. The van der Waals surface area contributed by atoms with Gasteiger partial charge in [0.15, 0.2) is 0 Å². The first-order valence-corrected chi connectivity index (χ1v) is 5.29. The van der Waals surface area contributed by atoms with Crippen LogP contribution in [0.1, 0.15) is 12.2 Å². The fraction of sp³-hybridized carbons (Fsp3) is 0.273. The standard InChI is InChI=1S/C11H11ClN2O2/c1-14-9(5-6-10(15)16)13-8-4-2-3-7(12)11(8)14/h2-4H,5-6H2,1H3,(H,15,16). The fourth-order valence-corrected chi connectivity index (χ4v) is 2.01. The van der Waals surface area contributed by atoms with Gasteiger partial charge in [-0.25, -0.2) is 4.98 Å². The Morgan fingerprint density at radius 2 is 2.31 bits per heavy atom. The highest BCUT2D eigenvalue weighted by Crippen LogP contribution is 2.23. The van der Waals surface area contributed by atoms with Crippen molar-refractivity contribution in [3.63, 3.8) is 0 Å². The number of aliphatic carboxylic acids is 1. The van der Waals surface area contributed by atoms with Crippen LogP contribution in [0.2, 0.25) is 5.02 Å². The van der Waals surface area contributed by atoms with Crippen molar-refractivity contribution >= 4 is 28.6 Å². The van der Waals surface area contributed by atoms with E-state index in [9.17, 15) is 4.79 Å². The van der Waals surface area contributed by atoms with Crippen LogP contribution in [0.4, 0.5) is 0 Å². The van der Waals surface area contributed by atoms with Crippen molar-refractivity contribution < 1.29 is 9.90 Å². The van der Waals surface area contributed by atoms with Crippen LogP contribution >= 0.6 is 11.6 Å². The minimum atomic E-state index is -0.821. The second kappa shape index (κ2) is 4.14. The number of para-hydroxylation sites is 1. The lowest BCUT2D eigenvalue weighted by Gasteiger charge is -2.01. The van der Waals surface area contributed by atoms with Crippen LogP contribution in [-0.2, 0) is 18.3 Å². The number of nitrogens with zero attached hydrogens (tertiary/aromatic N) is 2. The number of aromatic nitrogens is 2. The summed E-state index contributed by atoms with van der Waals surface area (Å²) in [5.74, 6) is -0.0800. The summed E-state index contributed by atoms with van der Waals surface area (Å²) in [4.78, 5) is 14.9. The maximum absolute atomic E-state index is 10.5. The zero-order valence-electron chi connectivity index (χ0n) is 8.77. The molecule has 5 heteroatoms. The Labute approximate surface area is 97.5 Å². The number of rotatable bonds is 3. The molecule has 1 N–H and O–H groups in total. The van der Waals surface area contributed by atoms with Crippen molar-refractivity contribution in [1.82, 2.24) is 9.55 Å². The number of benzene rings is 1. The summed E-state index contributed by atoms with van der Waals surface area (Å²) in [6.45, 7) is 0. The molecule has 2 aromatic rings. The molecule has 1 heterocycles. The molecule has 84 valence electrons. The summed E-state index contributed by atoms with van der Waals surface area (Å²) in [5, 5.41) is 9.27. The highest BCUT2D eigenvalue weighted by molar-refractivity contribution is 6.35. The van der Waals surface area contributed by atoms with Crippen LogP contribution in [-0.4, -0.2) is 20.6 Å². The lowest BCUT2D eigenvalue weighted by atomic mass is 10.3. The lowest BCUT2D eigenvalue weighted by Crippen LogP contribution is -2.03. The largest absolute Gasteiger partial charge is 0.481 e. The Bertz CT molecular complexity index is 548. The Hall–Kier alpha value is -1.55. The van der Waals surface area contributed by atoms with Crippen LogP contribution in [0.3, 0.4) is 0 Å². The zero-order chi connectivity index (χ0) is 11.7. The second-order valence-electron chi connectivity index (χ2n) is 3.59. The monoisotopic (exact) mass is 238 g/mol. The first-order chi connectivity index (χ1) is 7.59. The number of carbonyl (C=O) groups is 1. The Morgan fingerprint density at radius 1 is 1.56 bits per heavy atom. The van der Waals surface area contributed by atoms with E-state index in [1.165, 1.54) is 0 Å². The highest BCUT2D eigenvalue weighted by atomic mass is 35.5. The average Bonchev–Trinajstić information content (AvgIpc) is 2.54. The summed E-state index contributed by atoms with van der Waals surface area (Å²) in [5.41, 5.74) is 1.65. The van der Waals surface area contributed by atoms with Crippen molar-refractivity contribution in [2.24, 2.45) is 7.05 Å². The molecule has 2 rings (SSSR count). The van der Waals surface area contributed by atoms with E-state index < -0.39 is 5.97 Å². The molecule has 0 spiro atoms. The predicted octanol–water partition coefficient (Wildman–Crippen LogP) is 2.24. The van der Waals surface area contributed by atoms with Gasteiger partial charge in [0.25, 0.3) is 0 Å². The van der Waals surface area contributed by atoms with Gasteiger partial charge < -0.3 is 9.67 Å². The van der Waals surface area contributed by atoms with Crippen molar-refractivity contribution in [2.45, 2.75) is 12.8 Å². The molecule has 0 aliphatic rings. The molecule has 0 atom stereocenters. The normalized spacial score (nSPS) is 10.9. The number of imidazole rings is 1. The molecular formula is C11H11ClN2O2. The topological polar surface area (TPSA) is 55.1 Å². The van der Waals surface area contributed by atoms with Crippen LogP contribution in [0.25, 0.3) is 11.0 Å². The van der Waals surface area contributed by atoms with Gasteiger partial charge in [0.1, 0.15) is 5.82 Å². The van der Waals surface area contributed by atoms with Crippen molar-refractivity contribution in [1.29, 1.82) is 0 Å². The minimum absolute atomic E-state index is 0.0782. The fourth-order valence-electron chi connectivity index (χ4n) is 1.71. The van der Waals surface area contributed by atoms with Gasteiger partial charge >= 0.3 is 5.97 Å². The van der Waals surface area contributed by atoms with E-state index in [4.69, 9.17) is 16.7 Å². The van der Waals surface area contributed by atoms with E-state index in [2.05, 4.69) is 4.98 Å². The zero-order valence-corrected chi connectivity index (χ0v) is 9.53. The molecule has 0 radical (unpaired) electrons. The Kier molecular flexibility index (Phi) is 2.83. The SMILES string of the molecule is Cn1c(CCC(=O)O)nc2cccc(Cl)c21. The minimum Gasteiger partial charge on any atom is -0.481 e. The molecule has 1 aromatic heterocycles. The number of aryl methyl sites for hydroxylation is 2. The van der Waals surface area contributed by atoms with Gasteiger partial charge in [-0.2, -0.15) is 0 Å². The van der Waals surface area contributed by atoms with Gasteiger partial charge in [0.2, 0.25) is 0 Å². The maximum Gasteiger partial charge on any atom is 0.303 e. The first-order valence-electron chi connectivity index (χ1n) is 4.91. The smallest absolute Gasteiger partial charge is 0.303 e. The van der Waals surface area contributed by atoms with Gasteiger partial charge in [-0.1, -0.05) is 17.7 Å². The van der Waals surface area contributed by atoms with Crippen molar-refractivity contribution in [3.8, 4) is 0 Å². The number of fused-ring (bicyclic) bond motifs is 1. The van der Waals surface area contributed by atoms with Crippen LogP contribution in [0, 0.1) is 0 Å². The summed E-state index contributed by atoms with van der Waals surface area (Å²) < 4.78 is 1.85. The van der Waals surface area contributed by atoms with E-state index >= 15 is 0 Å². The number of hydrogen-bond donors (Lipinski definition) is 1. The maximum atomic E-state index is 10.5. The second-order valence-corrected chi connectivity index (χ2v) is 4.00. The summed E-state index contributed by atoms with van der Waals surface area (Å²) in [7, 11) is 1.85. The van der Waals surface area contributed by atoms with E-state index in [0.29, 0.717) is 11.4 Å². The van der Waals surface area contributed by atoms with Crippen molar-refractivity contribution in [2.75, 3.05) is 0 Å². The molecule has 0 aliphatic heterocycles. The predicted molar refractivity (Wildman–Crippen MR) is 61.7 cm³/mol. The first kappa shape index (κ1) is 11.0. The molecule has 0 unspecified atom stereocenters. The third-order valence-electron chi connectivity index (χ3n) is 2.50. The quantitative estimate of drug-likeness (QED) is 0.892. The number of hydrogen-bond acceptors (Lipinski definition) is 2. The van der Waals surface area contributed by atoms with Crippen LogP contribution in [0.15, 0.2) is 18.2 Å². The molecule has 1 aromatic carbocycles. The molecule has 16 heavy (non-hydrogen) atoms. The van der Waals surface area contributed by atoms with Gasteiger partial charge in [-0.05, 0) is 12.1 Å². The molecule has 0 aliphatic carbocycles. The van der Waals surface area contributed by atoms with Gasteiger partial charge in [0.05, 0.1) is 22.5 Å². The van der Waals surface area contributed by atoms with E-state index in [-0.39, 0.29) is 6.42 Å². The lowest BCUT2D eigenvalue weighted by molar-refractivity contribution is -0.137. The molecule has 0 bridgehead atoms. The average molecular weight is 239 g/mol. The van der Waals surface area contributed by atoms with Crippen LogP contribution < -0.4 is 0 Å². The third-order valence-corrected chi connectivity index (χ3v) is 2.81. The number of carboxylic acid groups (broad SMARTS) is 1. The number of carboxylic acids is 1. The van der Waals surface area contributed by atoms with E-state index in [1.54, 1.807) is 6.07 Å². The van der Waals surface area contributed by atoms with E-state index in [1.807, 2.05) is 23.7 Å². The van der Waals surface area contributed by atoms with Gasteiger partial charge in [0, 0.05) is 13.5 Å². The Balaban J connectivity index is 2.44. The number of halogens is 1. The van der Waals surface area contributed by atoms with Gasteiger partial charge in [-0.15, -0.1) is 0 Å². The molecule has 0 fully saturated rings. The summed E-state index contributed by atoms with van der Waals surface area (Å²) in [6, 6.07) is 5.50. The van der Waals surface area contributed by atoms with E-state index in [0.717, 1.165) is 16.9 Å². The summed E-state index contributed by atoms with van der Waals surface area (Å²) >= 11 is 6.06. The molecule has 0 saturated heterocycles. The third kappa shape index (κ3) is 1.88. The van der Waals surface area contributed by atoms with Crippen LogP contribution in [0.5, 0.6) is 0 Å². The van der Waals surface area contributed by atoms with Crippen molar-refractivity contribution in [3.05, 3.63) is 29.0 Å². The molecule has 0 amide bonds. The highest BCUT2D eigenvalue weighted by Gasteiger charge is 2.11.